The summed E-state index contributed by atoms with van der Waals surface area (Å²) in [5.74, 6) is 0. The highest BCUT2D eigenvalue weighted by atomic mass is 16.3. The summed E-state index contributed by atoms with van der Waals surface area (Å²) in [7, 11) is 0. The Morgan fingerprint density at radius 1 is 0.667 bits per heavy atom. The van der Waals surface area contributed by atoms with Crippen LogP contribution in [0.25, 0.3) is 0 Å². The van der Waals surface area contributed by atoms with E-state index in [9.17, 15) is 10.2 Å². The lowest BCUT2D eigenvalue weighted by Gasteiger charge is -2.12. The van der Waals surface area contributed by atoms with Crippen molar-refractivity contribution >= 4 is 0 Å². The zero-order chi connectivity index (χ0) is 11.5. The van der Waals surface area contributed by atoms with Gasteiger partial charge in [-0.2, -0.15) is 0 Å². The Morgan fingerprint density at radius 2 is 1.00 bits per heavy atom. The molecule has 0 saturated carbocycles. The number of hydrogen-bond acceptors (Lipinski definition) is 4. The molecule has 0 spiro atoms. The molecule has 4 nitrogen and oxygen atoms in total. The van der Waals surface area contributed by atoms with Crippen LogP contribution in [0.1, 0.15) is 44.9 Å². The molecule has 0 aliphatic heterocycles. The van der Waals surface area contributed by atoms with Gasteiger partial charge < -0.3 is 21.7 Å². The highest BCUT2D eigenvalue weighted by Crippen LogP contribution is 2.10. The standard InChI is InChI=1S/C11H26N2O2/c12-8-2-6-10(14)4-1-5-11(15)7-3-9-13/h10-11,14-15H,1-9,12-13H2. The summed E-state index contributed by atoms with van der Waals surface area (Å²) in [5.41, 5.74) is 10.7. The van der Waals surface area contributed by atoms with Crippen molar-refractivity contribution in [3.05, 3.63) is 0 Å². The molecule has 0 fully saturated rings. The molecule has 6 N–H and O–H groups in total. The number of nitrogens with two attached hydrogens (primary N) is 2. The summed E-state index contributed by atoms with van der Waals surface area (Å²) < 4.78 is 0. The van der Waals surface area contributed by atoms with E-state index in [1.807, 2.05) is 0 Å². The molecule has 0 bridgehead atoms. The first-order valence-electron chi connectivity index (χ1n) is 5.97. The van der Waals surface area contributed by atoms with E-state index < -0.39 is 0 Å². The molecular formula is C11H26N2O2. The maximum Gasteiger partial charge on any atom is 0.0540 e. The molecule has 2 unspecified atom stereocenters. The van der Waals surface area contributed by atoms with Gasteiger partial charge in [0.2, 0.25) is 0 Å². The van der Waals surface area contributed by atoms with Crippen LogP contribution in [0.2, 0.25) is 0 Å². The summed E-state index contributed by atoms with van der Waals surface area (Å²) in [6, 6.07) is 0. The van der Waals surface area contributed by atoms with E-state index in [1.54, 1.807) is 0 Å². The van der Waals surface area contributed by atoms with Crippen LogP contribution in [0.5, 0.6) is 0 Å². The number of aliphatic hydroxyl groups is 2. The third-order valence-electron chi connectivity index (χ3n) is 2.56. The Morgan fingerprint density at radius 3 is 1.33 bits per heavy atom. The molecule has 0 aliphatic carbocycles. The second kappa shape index (κ2) is 10.4. The summed E-state index contributed by atoms with van der Waals surface area (Å²) in [6.45, 7) is 1.27. The zero-order valence-corrected chi connectivity index (χ0v) is 9.57. The van der Waals surface area contributed by atoms with E-state index in [0.717, 1.165) is 44.9 Å². The smallest absolute Gasteiger partial charge is 0.0540 e. The van der Waals surface area contributed by atoms with Crippen molar-refractivity contribution in [1.29, 1.82) is 0 Å². The largest absolute Gasteiger partial charge is 0.393 e. The highest BCUT2D eigenvalue weighted by Gasteiger charge is 2.06. The summed E-state index contributed by atoms with van der Waals surface area (Å²) in [6.07, 6.45) is 5.18. The Balaban J connectivity index is 3.27. The lowest BCUT2D eigenvalue weighted by molar-refractivity contribution is 0.123. The number of rotatable bonds is 10. The van der Waals surface area contributed by atoms with E-state index in [0.29, 0.717) is 13.1 Å². The molecule has 0 rings (SSSR count). The molecular weight excluding hydrogens is 192 g/mol. The van der Waals surface area contributed by atoms with Gasteiger partial charge in [-0.15, -0.1) is 0 Å². The lowest BCUT2D eigenvalue weighted by atomic mass is 10.0. The van der Waals surface area contributed by atoms with Gasteiger partial charge in [0.1, 0.15) is 0 Å². The van der Waals surface area contributed by atoms with Gasteiger partial charge in [0.05, 0.1) is 12.2 Å². The first-order valence-corrected chi connectivity index (χ1v) is 5.97. The molecule has 0 aliphatic rings. The van der Waals surface area contributed by atoms with E-state index in [4.69, 9.17) is 11.5 Å². The minimum atomic E-state index is -0.254. The van der Waals surface area contributed by atoms with Crippen molar-refractivity contribution in [2.45, 2.75) is 57.2 Å². The monoisotopic (exact) mass is 218 g/mol. The highest BCUT2D eigenvalue weighted by molar-refractivity contribution is 4.61. The molecule has 0 aromatic rings. The molecule has 92 valence electrons. The topological polar surface area (TPSA) is 92.5 Å². The maximum atomic E-state index is 9.51. The number of hydrogen-bond donors (Lipinski definition) is 4. The molecule has 0 aromatic heterocycles. The van der Waals surface area contributed by atoms with Crippen molar-refractivity contribution in [1.82, 2.24) is 0 Å². The van der Waals surface area contributed by atoms with Crippen LogP contribution in [0, 0.1) is 0 Å². The molecule has 0 saturated heterocycles. The molecule has 2 atom stereocenters. The fraction of sp³-hybridized carbons (Fsp3) is 1.00. The Bertz CT molecular complexity index is 120. The van der Waals surface area contributed by atoms with Gasteiger partial charge in [0.15, 0.2) is 0 Å². The van der Waals surface area contributed by atoms with Crippen LogP contribution in [0.3, 0.4) is 0 Å². The van der Waals surface area contributed by atoms with Gasteiger partial charge in [-0.05, 0) is 58.0 Å². The van der Waals surface area contributed by atoms with E-state index >= 15 is 0 Å². The second-order valence-electron chi connectivity index (χ2n) is 4.10. The Kier molecular flexibility index (Phi) is 10.3. The van der Waals surface area contributed by atoms with Crippen molar-refractivity contribution in [2.24, 2.45) is 11.5 Å². The van der Waals surface area contributed by atoms with Gasteiger partial charge in [-0.3, -0.25) is 0 Å². The van der Waals surface area contributed by atoms with Crippen LogP contribution in [-0.4, -0.2) is 35.5 Å². The predicted octanol–water partition coefficient (Wildman–Crippen LogP) is 0.356. The Labute approximate surface area is 92.7 Å². The fourth-order valence-electron chi connectivity index (χ4n) is 1.58. The van der Waals surface area contributed by atoms with Crippen molar-refractivity contribution in [2.75, 3.05) is 13.1 Å². The average Bonchev–Trinajstić information content (AvgIpc) is 2.23. The third kappa shape index (κ3) is 10.1. The van der Waals surface area contributed by atoms with Crippen molar-refractivity contribution in [3.8, 4) is 0 Å². The molecule has 0 radical (unpaired) electrons. The normalized spacial score (nSPS) is 15.2. The minimum Gasteiger partial charge on any atom is -0.393 e. The van der Waals surface area contributed by atoms with Crippen molar-refractivity contribution < 1.29 is 10.2 Å². The van der Waals surface area contributed by atoms with Crippen LogP contribution in [-0.2, 0) is 0 Å². The SMILES string of the molecule is NCCCC(O)CCCC(O)CCCN. The quantitative estimate of drug-likeness (QED) is 0.426. The Hall–Kier alpha value is -0.160. The van der Waals surface area contributed by atoms with Crippen LogP contribution in [0.4, 0.5) is 0 Å². The van der Waals surface area contributed by atoms with E-state index in [-0.39, 0.29) is 12.2 Å². The van der Waals surface area contributed by atoms with Gasteiger partial charge >= 0.3 is 0 Å². The minimum absolute atomic E-state index is 0.254. The second-order valence-corrected chi connectivity index (χ2v) is 4.10. The average molecular weight is 218 g/mol. The van der Waals surface area contributed by atoms with Crippen LogP contribution in [0.15, 0.2) is 0 Å². The third-order valence-corrected chi connectivity index (χ3v) is 2.56. The molecule has 15 heavy (non-hydrogen) atoms. The lowest BCUT2D eigenvalue weighted by Crippen LogP contribution is -2.13. The molecule has 0 amide bonds. The number of aliphatic hydroxyl groups excluding tert-OH is 2. The first-order chi connectivity index (χ1) is 7.20. The van der Waals surface area contributed by atoms with Crippen LogP contribution >= 0.6 is 0 Å². The van der Waals surface area contributed by atoms with Crippen molar-refractivity contribution in [3.63, 3.8) is 0 Å². The molecule has 0 heterocycles. The molecule has 4 heteroatoms. The van der Waals surface area contributed by atoms with Gasteiger partial charge in [0.25, 0.3) is 0 Å². The van der Waals surface area contributed by atoms with Gasteiger partial charge in [0, 0.05) is 0 Å². The summed E-state index contributed by atoms with van der Waals surface area (Å²) in [4.78, 5) is 0. The van der Waals surface area contributed by atoms with Gasteiger partial charge in [-0.1, -0.05) is 0 Å². The summed E-state index contributed by atoms with van der Waals surface area (Å²) >= 11 is 0. The first kappa shape index (κ1) is 14.8. The maximum absolute atomic E-state index is 9.51. The van der Waals surface area contributed by atoms with E-state index in [2.05, 4.69) is 0 Å². The predicted molar refractivity (Wildman–Crippen MR) is 62.4 cm³/mol. The fourth-order valence-corrected chi connectivity index (χ4v) is 1.58. The summed E-state index contributed by atoms with van der Waals surface area (Å²) in [5, 5.41) is 19.0. The molecule has 0 aromatic carbocycles. The zero-order valence-electron chi connectivity index (χ0n) is 9.57. The van der Waals surface area contributed by atoms with Crippen LogP contribution < -0.4 is 11.5 Å². The van der Waals surface area contributed by atoms with E-state index in [1.165, 1.54) is 0 Å². The van der Waals surface area contributed by atoms with Gasteiger partial charge in [-0.25, -0.2) is 0 Å².